The second-order valence-electron chi connectivity index (χ2n) is 3.63. The van der Waals surface area contributed by atoms with Gasteiger partial charge in [-0.2, -0.15) is 0 Å². The molecule has 0 aliphatic rings. The quantitative estimate of drug-likeness (QED) is 0.823. The van der Waals surface area contributed by atoms with E-state index >= 15 is 0 Å². The van der Waals surface area contributed by atoms with Crippen LogP contribution in [-0.2, 0) is 11.3 Å². The number of hydrogen-bond acceptors (Lipinski definition) is 1. The van der Waals surface area contributed by atoms with Crippen molar-refractivity contribution in [1.82, 2.24) is 5.32 Å². The highest BCUT2D eigenvalue weighted by atomic mass is 19.2. The Hall–Kier alpha value is -1.45. The molecule has 0 saturated carbocycles. The first-order chi connectivity index (χ1) is 7.63. The summed E-state index contributed by atoms with van der Waals surface area (Å²) in [6, 6.07) is 3.61. The maximum absolute atomic E-state index is 12.8. The molecule has 0 bridgehead atoms. The van der Waals surface area contributed by atoms with Crippen molar-refractivity contribution in [3.63, 3.8) is 0 Å². The molecule has 0 fully saturated rings. The maximum Gasteiger partial charge on any atom is 0.220 e. The number of halogens is 2. The van der Waals surface area contributed by atoms with Crippen LogP contribution >= 0.6 is 0 Å². The fourth-order valence-electron chi connectivity index (χ4n) is 1.28. The predicted molar refractivity (Wildman–Crippen MR) is 57.7 cm³/mol. The number of amides is 1. The highest BCUT2D eigenvalue weighted by Gasteiger charge is 2.04. The van der Waals surface area contributed by atoms with Crippen LogP contribution in [0.15, 0.2) is 18.2 Å². The first kappa shape index (κ1) is 12.6. The number of benzene rings is 1. The van der Waals surface area contributed by atoms with Crippen molar-refractivity contribution in [3.05, 3.63) is 35.4 Å². The van der Waals surface area contributed by atoms with Gasteiger partial charge in [0.2, 0.25) is 5.91 Å². The average molecular weight is 227 g/mol. The number of carbonyl (C=O) groups excluding carboxylic acids is 1. The van der Waals surface area contributed by atoms with Gasteiger partial charge in [0.05, 0.1) is 0 Å². The molecule has 1 amide bonds. The summed E-state index contributed by atoms with van der Waals surface area (Å²) < 4.78 is 25.4. The lowest BCUT2D eigenvalue weighted by Crippen LogP contribution is -2.22. The van der Waals surface area contributed by atoms with Gasteiger partial charge in [-0.3, -0.25) is 4.79 Å². The Morgan fingerprint density at radius 3 is 2.69 bits per heavy atom. The molecule has 0 saturated heterocycles. The molecule has 1 aromatic rings. The summed E-state index contributed by atoms with van der Waals surface area (Å²) in [6.45, 7) is 2.24. The van der Waals surface area contributed by atoms with Crippen molar-refractivity contribution >= 4 is 5.91 Å². The molecule has 0 atom stereocenters. The number of nitrogens with one attached hydrogen (secondary N) is 1. The number of rotatable bonds is 5. The minimum atomic E-state index is -0.889. The molecule has 4 heteroatoms. The molecule has 0 aliphatic heterocycles. The zero-order valence-electron chi connectivity index (χ0n) is 9.22. The van der Waals surface area contributed by atoms with E-state index in [2.05, 4.69) is 5.32 Å². The SMILES string of the molecule is CCCCC(=O)NCc1ccc(F)c(F)c1. The Balaban J connectivity index is 2.42. The summed E-state index contributed by atoms with van der Waals surface area (Å²) in [4.78, 5) is 11.2. The molecule has 0 heterocycles. The van der Waals surface area contributed by atoms with Crippen molar-refractivity contribution in [2.24, 2.45) is 0 Å². The molecule has 0 aromatic heterocycles. The van der Waals surface area contributed by atoms with E-state index in [-0.39, 0.29) is 12.5 Å². The van der Waals surface area contributed by atoms with Gasteiger partial charge in [0.1, 0.15) is 0 Å². The Morgan fingerprint density at radius 1 is 1.31 bits per heavy atom. The number of carbonyl (C=O) groups is 1. The van der Waals surface area contributed by atoms with E-state index in [0.717, 1.165) is 25.0 Å². The molecule has 88 valence electrons. The van der Waals surface area contributed by atoms with Crippen LogP contribution in [0.3, 0.4) is 0 Å². The molecule has 0 aliphatic carbocycles. The average Bonchev–Trinajstić information content (AvgIpc) is 2.28. The van der Waals surface area contributed by atoms with E-state index in [9.17, 15) is 13.6 Å². The van der Waals surface area contributed by atoms with Gasteiger partial charge in [-0.05, 0) is 24.1 Å². The summed E-state index contributed by atoms with van der Waals surface area (Å²) in [5, 5.41) is 2.65. The Labute approximate surface area is 93.7 Å². The Bertz CT molecular complexity index is 366. The fraction of sp³-hybridized carbons (Fsp3) is 0.417. The number of unbranched alkanes of at least 4 members (excludes halogenated alkanes) is 1. The maximum atomic E-state index is 12.8. The van der Waals surface area contributed by atoms with Crippen molar-refractivity contribution in [3.8, 4) is 0 Å². The minimum Gasteiger partial charge on any atom is -0.352 e. The molecular weight excluding hydrogens is 212 g/mol. The fourth-order valence-corrected chi connectivity index (χ4v) is 1.28. The molecule has 0 radical (unpaired) electrons. The second-order valence-corrected chi connectivity index (χ2v) is 3.63. The topological polar surface area (TPSA) is 29.1 Å². The Kier molecular flexibility index (Phi) is 4.89. The molecule has 16 heavy (non-hydrogen) atoms. The monoisotopic (exact) mass is 227 g/mol. The van der Waals surface area contributed by atoms with Gasteiger partial charge in [-0.1, -0.05) is 19.4 Å². The van der Waals surface area contributed by atoms with E-state index in [1.165, 1.54) is 6.07 Å². The van der Waals surface area contributed by atoms with Crippen LogP contribution in [0.2, 0.25) is 0 Å². The Morgan fingerprint density at radius 2 is 2.06 bits per heavy atom. The third kappa shape index (κ3) is 3.96. The van der Waals surface area contributed by atoms with Gasteiger partial charge in [0.15, 0.2) is 11.6 Å². The molecule has 0 spiro atoms. The molecule has 1 N–H and O–H groups in total. The standard InChI is InChI=1S/C12H15F2NO/c1-2-3-4-12(16)15-8-9-5-6-10(13)11(14)7-9/h5-7H,2-4,8H2,1H3,(H,15,16). The van der Waals surface area contributed by atoms with Gasteiger partial charge >= 0.3 is 0 Å². The van der Waals surface area contributed by atoms with E-state index in [1.54, 1.807) is 0 Å². The van der Waals surface area contributed by atoms with Crippen molar-refractivity contribution < 1.29 is 13.6 Å². The van der Waals surface area contributed by atoms with E-state index in [1.807, 2.05) is 6.92 Å². The molecule has 1 rings (SSSR count). The van der Waals surface area contributed by atoms with Gasteiger partial charge < -0.3 is 5.32 Å². The van der Waals surface area contributed by atoms with Crippen molar-refractivity contribution in [2.75, 3.05) is 0 Å². The lowest BCUT2D eigenvalue weighted by Gasteiger charge is -2.05. The van der Waals surface area contributed by atoms with Crippen LogP contribution in [0.4, 0.5) is 8.78 Å². The molecule has 0 unspecified atom stereocenters. The van der Waals surface area contributed by atoms with Gasteiger partial charge in [-0.15, -0.1) is 0 Å². The molecular formula is C12H15F2NO. The highest BCUT2D eigenvalue weighted by molar-refractivity contribution is 5.75. The first-order valence-corrected chi connectivity index (χ1v) is 5.34. The van der Waals surface area contributed by atoms with E-state index < -0.39 is 11.6 Å². The van der Waals surface area contributed by atoms with Crippen LogP contribution in [0.5, 0.6) is 0 Å². The van der Waals surface area contributed by atoms with Gasteiger partial charge in [0.25, 0.3) is 0 Å². The van der Waals surface area contributed by atoms with Gasteiger partial charge in [0, 0.05) is 13.0 Å². The summed E-state index contributed by atoms with van der Waals surface area (Å²) in [5.41, 5.74) is 0.559. The smallest absolute Gasteiger partial charge is 0.220 e. The molecule has 1 aromatic carbocycles. The zero-order chi connectivity index (χ0) is 12.0. The summed E-state index contributed by atoms with van der Waals surface area (Å²) in [5.74, 6) is -1.83. The van der Waals surface area contributed by atoms with Crippen LogP contribution in [0.25, 0.3) is 0 Å². The van der Waals surface area contributed by atoms with Gasteiger partial charge in [-0.25, -0.2) is 8.78 Å². The molecule has 2 nitrogen and oxygen atoms in total. The first-order valence-electron chi connectivity index (χ1n) is 5.34. The highest BCUT2D eigenvalue weighted by Crippen LogP contribution is 2.08. The van der Waals surface area contributed by atoms with Crippen molar-refractivity contribution in [2.45, 2.75) is 32.7 Å². The largest absolute Gasteiger partial charge is 0.352 e. The lowest BCUT2D eigenvalue weighted by atomic mass is 10.2. The zero-order valence-corrected chi connectivity index (χ0v) is 9.22. The third-order valence-electron chi connectivity index (χ3n) is 2.23. The lowest BCUT2D eigenvalue weighted by molar-refractivity contribution is -0.121. The van der Waals surface area contributed by atoms with E-state index in [0.29, 0.717) is 12.0 Å². The van der Waals surface area contributed by atoms with Crippen LogP contribution < -0.4 is 5.32 Å². The summed E-state index contributed by atoms with van der Waals surface area (Å²) >= 11 is 0. The van der Waals surface area contributed by atoms with Crippen LogP contribution in [0.1, 0.15) is 31.7 Å². The normalized spacial score (nSPS) is 10.2. The summed E-state index contributed by atoms with van der Waals surface area (Å²) in [6.07, 6.45) is 2.27. The summed E-state index contributed by atoms with van der Waals surface area (Å²) in [7, 11) is 0. The van der Waals surface area contributed by atoms with Crippen LogP contribution in [-0.4, -0.2) is 5.91 Å². The minimum absolute atomic E-state index is 0.0633. The van der Waals surface area contributed by atoms with E-state index in [4.69, 9.17) is 0 Å². The van der Waals surface area contributed by atoms with Crippen molar-refractivity contribution in [1.29, 1.82) is 0 Å². The second kappa shape index (κ2) is 6.20. The third-order valence-corrected chi connectivity index (χ3v) is 2.23. The number of hydrogen-bond donors (Lipinski definition) is 1. The van der Waals surface area contributed by atoms with Crippen LogP contribution in [0, 0.1) is 11.6 Å². The predicted octanol–water partition coefficient (Wildman–Crippen LogP) is 2.77.